The minimum absolute atomic E-state index is 0.0283. The van der Waals surface area contributed by atoms with Crippen LogP contribution in [0.2, 0.25) is 0 Å². The number of benzene rings is 1. The summed E-state index contributed by atoms with van der Waals surface area (Å²) in [7, 11) is 0. The lowest BCUT2D eigenvalue weighted by Gasteiger charge is -2.34. The molecule has 0 radical (unpaired) electrons. The lowest BCUT2D eigenvalue weighted by atomic mass is 9.95. The summed E-state index contributed by atoms with van der Waals surface area (Å²) in [6, 6.07) is 8.03. The monoisotopic (exact) mass is 340 g/mol. The Balaban J connectivity index is 1.49. The molecule has 0 spiro atoms. The molecule has 1 atom stereocenters. The van der Waals surface area contributed by atoms with Gasteiger partial charge in [0.1, 0.15) is 5.82 Å². The number of rotatable bonds is 2. The number of nitrogens with one attached hydrogen (secondary N) is 1. The Hall–Kier alpha value is -2.37. The fourth-order valence-corrected chi connectivity index (χ4v) is 4.12. The van der Waals surface area contributed by atoms with Gasteiger partial charge in [0.15, 0.2) is 0 Å². The van der Waals surface area contributed by atoms with E-state index in [0.717, 1.165) is 49.1 Å². The van der Waals surface area contributed by atoms with Crippen LogP contribution in [0.3, 0.4) is 0 Å². The number of likely N-dealkylation sites (tertiary alicyclic amines) is 2. The molecule has 0 aliphatic carbocycles. The first kappa shape index (κ1) is 16.1. The number of piperidine rings is 1. The molecule has 0 saturated carbocycles. The second-order valence-corrected chi connectivity index (χ2v) is 7.11. The fraction of sp³-hybridized carbons (Fsp3) is 0.526. The zero-order valence-electron chi connectivity index (χ0n) is 14.6. The van der Waals surface area contributed by atoms with Crippen LogP contribution in [-0.4, -0.2) is 51.2 Å². The van der Waals surface area contributed by atoms with Gasteiger partial charge in [0.2, 0.25) is 11.8 Å². The Morgan fingerprint density at radius 2 is 1.88 bits per heavy atom. The van der Waals surface area contributed by atoms with Gasteiger partial charge in [0.25, 0.3) is 0 Å². The molecular formula is C19H24N4O2. The Morgan fingerprint density at radius 3 is 2.60 bits per heavy atom. The predicted octanol–water partition coefficient (Wildman–Crippen LogP) is 2.48. The summed E-state index contributed by atoms with van der Waals surface area (Å²) in [5.74, 6) is 1.26. The Morgan fingerprint density at radius 1 is 1.12 bits per heavy atom. The third-order valence-corrected chi connectivity index (χ3v) is 5.55. The molecule has 2 saturated heterocycles. The second kappa shape index (κ2) is 6.50. The number of fused-ring (bicyclic) bond motifs is 1. The van der Waals surface area contributed by atoms with Gasteiger partial charge in [0, 0.05) is 32.5 Å². The van der Waals surface area contributed by atoms with Crippen LogP contribution in [0.4, 0.5) is 0 Å². The lowest BCUT2D eigenvalue weighted by molar-refractivity contribution is -0.141. The summed E-state index contributed by atoms with van der Waals surface area (Å²) in [4.78, 5) is 36.5. The third-order valence-electron chi connectivity index (χ3n) is 5.55. The molecule has 2 fully saturated rings. The van der Waals surface area contributed by atoms with Crippen molar-refractivity contribution in [3.05, 3.63) is 30.1 Å². The summed E-state index contributed by atoms with van der Waals surface area (Å²) in [5, 5.41) is 0. The molecule has 2 aliphatic rings. The topological polar surface area (TPSA) is 69.3 Å². The van der Waals surface area contributed by atoms with Gasteiger partial charge in [-0.2, -0.15) is 0 Å². The third kappa shape index (κ3) is 3.01. The van der Waals surface area contributed by atoms with Crippen LogP contribution in [0.1, 0.15) is 44.5 Å². The molecule has 3 heterocycles. The average Bonchev–Trinajstić information content (AvgIpc) is 3.27. The zero-order valence-corrected chi connectivity index (χ0v) is 14.6. The van der Waals surface area contributed by atoms with E-state index in [1.165, 1.54) is 0 Å². The SMILES string of the molecule is CC(=O)N1CCC(C(=O)N2CCC[C@H]2c2nc3ccccc3[nH]2)CC1. The Labute approximate surface area is 147 Å². The molecule has 2 aliphatic heterocycles. The normalized spacial score (nSPS) is 21.9. The van der Waals surface area contributed by atoms with Crippen molar-refractivity contribution in [2.24, 2.45) is 5.92 Å². The first-order chi connectivity index (χ1) is 12.1. The number of nitrogens with zero attached hydrogens (tertiary/aromatic N) is 3. The molecule has 6 nitrogen and oxygen atoms in total. The maximum atomic E-state index is 13.1. The maximum absolute atomic E-state index is 13.1. The molecule has 1 N–H and O–H groups in total. The number of carbonyl (C=O) groups is 2. The summed E-state index contributed by atoms with van der Waals surface area (Å²) in [5.41, 5.74) is 1.97. The number of amides is 2. The van der Waals surface area contributed by atoms with Crippen molar-refractivity contribution in [2.75, 3.05) is 19.6 Å². The predicted molar refractivity (Wildman–Crippen MR) is 94.8 cm³/mol. The van der Waals surface area contributed by atoms with Gasteiger partial charge < -0.3 is 14.8 Å². The lowest BCUT2D eigenvalue weighted by Crippen LogP contribution is -2.43. The highest BCUT2D eigenvalue weighted by Crippen LogP contribution is 2.34. The van der Waals surface area contributed by atoms with Crippen molar-refractivity contribution in [1.29, 1.82) is 0 Å². The summed E-state index contributed by atoms with van der Waals surface area (Å²) < 4.78 is 0. The maximum Gasteiger partial charge on any atom is 0.226 e. The van der Waals surface area contributed by atoms with Crippen LogP contribution >= 0.6 is 0 Å². The number of H-pyrrole nitrogens is 1. The van der Waals surface area contributed by atoms with Crippen molar-refractivity contribution in [3.8, 4) is 0 Å². The van der Waals surface area contributed by atoms with E-state index in [-0.39, 0.29) is 23.8 Å². The van der Waals surface area contributed by atoms with Gasteiger partial charge in [-0.25, -0.2) is 4.98 Å². The molecule has 2 aromatic rings. The first-order valence-electron chi connectivity index (χ1n) is 9.14. The molecule has 6 heteroatoms. The fourth-order valence-electron chi connectivity index (χ4n) is 4.12. The van der Waals surface area contributed by atoms with E-state index in [9.17, 15) is 9.59 Å². The van der Waals surface area contributed by atoms with E-state index in [4.69, 9.17) is 4.98 Å². The molecule has 4 rings (SSSR count). The minimum atomic E-state index is 0.0283. The van der Waals surface area contributed by atoms with Gasteiger partial charge >= 0.3 is 0 Å². The Bertz CT molecular complexity index is 759. The van der Waals surface area contributed by atoms with E-state index in [1.807, 2.05) is 34.1 Å². The molecular weight excluding hydrogens is 316 g/mol. The molecule has 0 unspecified atom stereocenters. The van der Waals surface area contributed by atoms with E-state index in [0.29, 0.717) is 13.1 Å². The van der Waals surface area contributed by atoms with Crippen LogP contribution < -0.4 is 0 Å². The van der Waals surface area contributed by atoms with Crippen LogP contribution in [0.15, 0.2) is 24.3 Å². The van der Waals surface area contributed by atoms with Crippen molar-refractivity contribution < 1.29 is 9.59 Å². The van der Waals surface area contributed by atoms with Gasteiger partial charge in [0.05, 0.1) is 17.1 Å². The quantitative estimate of drug-likeness (QED) is 0.913. The van der Waals surface area contributed by atoms with E-state index < -0.39 is 0 Å². The molecule has 0 bridgehead atoms. The van der Waals surface area contributed by atoms with Gasteiger partial charge in [-0.05, 0) is 37.8 Å². The van der Waals surface area contributed by atoms with Crippen LogP contribution in [0, 0.1) is 5.92 Å². The highest BCUT2D eigenvalue weighted by molar-refractivity contribution is 5.81. The van der Waals surface area contributed by atoms with Gasteiger partial charge in [-0.1, -0.05) is 12.1 Å². The standard InChI is InChI=1S/C19H24N4O2/c1-13(24)22-11-8-14(9-12-22)19(25)23-10-4-7-17(23)18-20-15-5-2-3-6-16(15)21-18/h2-3,5-6,14,17H,4,7-12H2,1H3,(H,20,21)/t17-/m0/s1. The number of carbonyl (C=O) groups excluding carboxylic acids is 2. The van der Waals surface area contributed by atoms with E-state index in [1.54, 1.807) is 6.92 Å². The molecule has 1 aromatic heterocycles. The van der Waals surface area contributed by atoms with E-state index >= 15 is 0 Å². The summed E-state index contributed by atoms with van der Waals surface area (Å²) >= 11 is 0. The van der Waals surface area contributed by atoms with E-state index in [2.05, 4.69) is 4.98 Å². The smallest absolute Gasteiger partial charge is 0.226 e. The van der Waals surface area contributed by atoms with Crippen molar-refractivity contribution in [3.63, 3.8) is 0 Å². The second-order valence-electron chi connectivity index (χ2n) is 7.11. The highest BCUT2D eigenvalue weighted by Gasteiger charge is 2.36. The largest absolute Gasteiger partial charge is 0.343 e. The number of imidazole rings is 1. The number of aromatic nitrogens is 2. The van der Waals surface area contributed by atoms with Gasteiger partial charge in [-0.3, -0.25) is 9.59 Å². The van der Waals surface area contributed by atoms with Crippen LogP contribution in [-0.2, 0) is 9.59 Å². The number of hydrogen-bond donors (Lipinski definition) is 1. The van der Waals surface area contributed by atoms with Crippen molar-refractivity contribution in [2.45, 2.75) is 38.6 Å². The minimum Gasteiger partial charge on any atom is -0.343 e. The molecule has 25 heavy (non-hydrogen) atoms. The average molecular weight is 340 g/mol. The molecule has 1 aromatic carbocycles. The first-order valence-corrected chi connectivity index (χ1v) is 9.14. The van der Waals surface area contributed by atoms with Crippen LogP contribution in [0.25, 0.3) is 11.0 Å². The van der Waals surface area contributed by atoms with Crippen molar-refractivity contribution in [1.82, 2.24) is 19.8 Å². The summed E-state index contributed by atoms with van der Waals surface area (Å²) in [6.45, 7) is 3.78. The molecule has 132 valence electrons. The van der Waals surface area contributed by atoms with Crippen LogP contribution in [0.5, 0.6) is 0 Å². The van der Waals surface area contributed by atoms with Gasteiger partial charge in [-0.15, -0.1) is 0 Å². The number of para-hydroxylation sites is 2. The Kier molecular flexibility index (Phi) is 4.19. The number of hydrogen-bond acceptors (Lipinski definition) is 3. The number of aromatic amines is 1. The zero-order chi connectivity index (χ0) is 17.4. The highest BCUT2D eigenvalue weighted by atomic mass is 16.2. The van der Waals surface area contributed by atoms with Crippen molar-refractivity contribution >= 4 is 22.8 Å². The molecule has 2 amide bonds. The summed E-state index contributed by atoms with van der Waals surface area (Å²) in [6.07, 6.45) is 3.50.